The third-order valence-corrected chi connectivity index (χ3v) is 3.70. The predicted octanol–water partition coefficient (Wildman–Crippen LogP) is 2.77. The molecule has 0 spiro atoms. The number of nitrogens with one attached hydrogen (secondary N) is 1. The second kappa shape index (κ2) is 5.41. The van der Waals surface area contributed by atoms with Crippen LogP contribution >= 0.6 is 0 Å². The Hall–Kier alpha value is -2.23. The third-order valence-electron chi connectivity index (χ3n) is 3.70. The summed E-state index contributed by atoms with van der Waals surface area (Å²) in [5, 5.41) is 3.35. The van der Waals surface area contributed by atoms with Gasteiger partial charge in [0.25, 0.3) is 0 Å². The molecular weight excluding hydrogens is 250 g/mol. The van der Waals surface area contributed by atoms with Gasteiger partial charge in [0.15, 0.2) is 0 Å². The maximum Gasteiger partial charge on any atom is 0.141 e. The number of hydrogen-bond donors (Lipinski definition) is 2. The molecule has 0 fully saturated rings. The Morgan fingerprint density at radius 2 is 2.15 bits per heavy atom. The Morgan fingerprint density at radius 1 is 1.25 bits per heavy atom. The lowest BCUT2D eigenvalue weighted by atomic mass is 10.2. The fraction of sp³-hybridized carbons (Fsp3) is 0.312. The number of fused-ring (bicyclic) bond motifs is 1. The summed E-state index contributed by atoms with van der Waals surface area (Å²) in [7, 11) is 1.62. The van der Waals surface area contributed by atoms with Gasteiger partial charge >= 0.3 is 0 Å². The summed E-state index contributed by atoms with van der Waals surface area (Å²) in [6.45, 7) is 0.708. The van der Waals surface area contributed by atoms with Crippen molar-refractivity contribution < 1.29 is 4.74 Å². The van der Waals surface area contributed by atoms with Crippen molar-refractivity contribution in [3.63, 3.8) is 0 Å². The highest BCUT2D eigenvalue weighted by atomic mass is 16.5. The normalized spacial score (nSPS) is 13.1. The SMILES string of the molecule is COc1ccc(CNc2ccc3c(n2)CCC3)cc1N. The first kappa shape index (κ1) is 12.8. The van der Waals surface area contributed by atoms with Crippen molar-refractivity contribution in [3.8, 4) is 5.75 Å². The van der Waals surface area contributed by atoms with Gasteiger partial charge in [-0.05, 0) is 48.6 Å². The minimum absolute atomic E-state index is 0.661. The number of nitrogens with two attached hydrogens (primary N) is 1. The number of benzene rings is 1. The molecule has 4 nitrogen and oxygen atoms in total. The topological polar surface area (TPSA) is 60.2 Å². The summed E-state index contributed by atoms with van der Waals surface area (Å²) in [4.78, 5) is 4.66. The van der Waals surface area contributed by atoms with Gasteiger partial charge in [-0.15, -0.1) is 0 Å². The lowest BCUT2D eigenvalue weighted by Gasteiger charge is -2.10. The number of aromatic nitrogens is 1. The highest BCUT2D eigenvalue weighted by Crippen LogP contribution is 2.24. The van der Waals surface area contributed by atoms with E-state index in [9.17, 15) is 0 Å². The van der Waals surface area contributed by atoms with Crippen molar-refractivity contribution in [2.24, 2.45) is 0 Å². The zero-order chi connectivity index (χ0) is 13.9. The molecule has 0 amide bonds. The molecular formula is C16H19N3O. The lowest BCUT2D eigenvalue weighted by Crippen LogP contribution is -2.04. The molecule has 1 heterocycles. The number of nitrogens with zero attached hydrogens (tertiary/aromatic N) is 1. The van der Waals surface area contributed by atoms with Crippen LogP contribution in [0.15, 0.2) is 30.3 Å². The molecule has 0 bridgehead atoms. The van der Waals surface area contributed by atoms with Crippen molar-refractivity contribution in [3.05, 3.63) is 47.2 Å². The third kappa shape index (κ3) is 2.54. The van der Waals surface area contributed by atoms with E-state index in [2.05, 4.69) is 22.4 Å². The van der Waals surface area contributed by atoms with Crippen molar-refractivity contribution in [1.82, 2.24) is 4.98 Å². The second-order valence-electron chi connectivity index (χ2n) is 5.09. The van der Waals surface area contributed by atoms with E-state index in [-0.39, 0.29) is 0 Å². The number of anilines is 2. The zero-order valence-electron chi connectivity index (χ0n) is 11.6. The van der Waals surface area contributed by atoms with Crippen LogP contribution < -0.4 is 15.8 Å². The molecule has 3 rings (SSSR count). The summed E-state index contributed by atoms with van der Waals surface area (Å²) < 4.78 is 5.16. The summed E-state index contributed by atoms with van der Waals surface area (Å²) in [5.74, 6) is 1.64. The molecule has 0 saturated carbocycles. The molecule has 1 aliphatic rings. The van der Waals surface area contributed by atoms with Gasteiger partial charge in [-0.25, -0.2) is 4.98 Å². The Morgan fingerprint density at radius 3 is 2.95 bits per heavy atom. The lowest BCUT2D eigenvalue weighted by molar-refractivity contribution is 0.417. The van der Waals surface area contributed by atoms with E-state index in [1.54, 1.807) is 7.11 Å². The van der Waals surface area contributed by atoms with Crippen molar-refractivity contribution in [1.29, 1.82) is 0 Å². The highest BCUT2D eigenvalue weighted by Gasteiger charge is 2.12. The summed E-state index contributed by atoms with van der Waals surface area (Å²) in [6.07, 6.45) is 3.48. The fourth-order valence-corrected chi connectivity index (χ4v) is 2.61. The number of aryl methyl sites for hydroxylation is 2. The van der Waals surface area contributed by atoms with Crippen molar-refractivity contribution in [2.45, 2.75) is 25.8 Å². The molecule has 20 heavy (non-hydrogen) atoms. The first-order valence-electron chi connectivity index (χ1n) is 6.91. The molecule has 4 heteroatoms. The van der Waals surface area contributed by atoms with Gasteiger partial charge in [-0.3, -0.25) is 0 Å². The largest absolute Gasteiger partial charge is 0.495 e. The predicted molar refractivity (Wildman–Crippen MR) is 81.0 cm³/mol. The van der Waals surface area contributed by atoms with E-state index in [1.165, 1.54) is 17.7 Å². The molecule has 1 aromatic carbocycles. The van der Waals surface area contributed by atoms with Gasteiger partial charge in [0.2, 0.25) is 0 Å². The zero-order valence-corrected chi connectivity index (χ0v) is 11.6. The van der Waals surface area contributed by atoms with Crippen LogP contribution in [0, 0.1) is 0 Å². The highest BCUT2D eigenvalue weighted by molar-refractivity contribution is 5.54. The number of methoxy groups -OCH3 is 1. The molecule has 0 unspecified atom stereocenters. The van der Waals surface area contributed by atoms with Crippen molar-refractivity contribution >= 4 is 11.5 Å². The van der Waals surface area contributed by atoms with Gasteiger partial charge in [-0.2, -0.15) is 0 Å². The van der Waals surface area contributed by atoms with Crippen LogP contribution in [0.3, 0.4) is 0 Å². The quantitative estimate of drug-likeness (QED) is 0.838. The van der Waals surface area contributed by atoms with Crippen LogP contribution in [0.25, 0.3) is 0 Å². The molecule has 104 valence electrons. The number of rotatable bonds is 4. The van der Waals surface area contributed by atoms with E-state index in [1.807, 2.05) is 18.2 Å². The first-order chi connectivity index (χ1) is 9.76. The van der Waals surface area contributed by atoms with E-state index in [4.69, 9.17) is 10.5 Å². The molecule has 2 aromatic rings. The van der Waals surface area contributed by atoms with Crippen LogP contribution in [-0.4, -0.2) is 12.1 Å². The Bertz CT molecular complexity index is 625. The van der Waals surface area contributed by atoms with E-state index in [0.717, 1.165) is 24.2 Å². The van der Waals surface area contributed by atoms with Gasteiger partial charge in [0, 0.05) is 12.2 Å². The second-order valence-corrected chi connectivity index (χ2v) is 5.09. The Labute approximate surface area is 119 Å². The van der Waals surface area contributed by atoms with Crippen LogP contribution in [0.5, 0.6) is 5.75 Å². The monoisotopic (exact) mass is 269 g/mol. The smallest absolute Gasteiger partial charge is 0.141 e. The average Bonchev–Trinajstić information content (AvgIpc) is 2.92. The maximum absolute atomic E-state index is 5.91. The van der Waals surface area contributed by atoms with Crippen LogP contribution in [0.2, 0.25) is 0 Å². The summed E-state index contributed by atoms with van der Waals surface area (Å²) in [5.41, 5.74) is 10.3. The standard InChI is InChI=1S/C16H19N3O/c1-20-15-7-5-11(9-13(15)17)10-18-16-8-6-12-3-2-4-14(12)19-16/h5-9H,2-4,10,17H2,1H3,(H,18,19). The Kier molecular flexibility index (Phi) is 3.46. The molecule has 3 N–H and O–H groups in total. The van der Waals surface area contributed by atoms with Crippen LogP contribution in [0.1, 0.15) is 23.2 Å². The maximum atomic E-state index is 5.91. The average molecular weight is 269 g/mol. The molecule has 0 atom stereocenters. The van der Waals surface area contributed by atoms with Gasteiger partial charge < -0.3 is 15.8 Å². The number of hydrogen-bond acceptors (Lipinski definition) is 4. The van der Waals surface area contributed by atoms with E-state index in [0.29, 0.717) is 18.0 Å². The molecule has 1 aromatic heterocycles. The molecule has 0 saturated heterocycles. The van der Waals surface area contributed by atoms with Gasteiger partial charge in [0.05, 0.1) is 12.8 Å². The number of ether oxygens (including phenoxy) is 1. The minimum Gasteiger partial charge on any atom is -0.495 e. The van der Waals surface area contributed by atoms with E-state index >= 15 is 0 Å². The molecule has 0 radical (unpaired) electrons. The van der Waals surface area contributed by atoms with Crippen LogP contribution in [0.4, 0.5) is 11.5 Å². The number of pyridine rings is 1. The minimum atomic E-state index is 0.661. The van der Waals surface area contributed by atoms with Crippen LogP contribution in [-0.2, 0) is 19.4 Å². The van der Waals surface area contributed by atoms with E-state index < -0.39 is 0 Å². The molecule has 0 aliphatic heterocycles. The summed E-state index contributed by atoms with van der Waals surface area (Å²) >= 11 is 0. The van der Waals surface area contributed by atoms with Gasteiger partial charge in [0.1, 0.15) is 11.6 Å². The fourth-order valence-electron chi connectivity index (χ4n) is 2.61. The Balaban J connectivity index is 1.69. The first-order valence-corrected chi connectivity index (χ1v) is 6.91. The van der Waals surface area contributed by atoms with Gasteiger partial charge in [-0.1, -0.05) is 12.1 Å². The van der Waals surface area contributed by atoms with Crippen molar-refractivity contribution in [2.75, 3.05) is 18.2 Å². The number of nitrogen functional groups attached to an aromatic ring is 1. The summed E-state index contributed by atoms with van der Waals surface area (Å²) in [6, 6.07) is 10.1. The molecule has 1 aliphatic carbocycles.